The number of hydrogen-bond acceptors (Lipinski definition) is 7. The zero-order valence-electron chi connectivity index (χ0n) is 19.4. The van der Waals surface area contributed by atoms with E-state index >= 15 is 0 Å². The van der Waals surface area contributed by atoms with Gasteiger partial charge >= 0.3 is 0 Å². The Balaban J connectivity index is 1.39. The van der Waals surface area contributed by atoms with E-state index in [0.717, 1.165) is 47.5 Å². The van der Waals surface area contributed by atoms with Gasteiger partial charge in [-0.25, -0.2) is 4.98 Å². The molecule has 4 aromatic rings. The smallest absolute Gasteiger partial charge is 0.161 e. The van der Waals surface area contributed by atoms with Crippen molar-refractivity contribution >= 4 is 16.9 Å². The van der Waals surface area contributed by atoms with Gasteiger partial charge in [0, 0.05) is 13.1 Å². The summed E-state index contributed by atoms with van der Waals surface area (Å²) in [5.41, 5.74) is 5.29. The molecule has 0 saturated carbocycles. The highest BCUT2D eigenvalue weighted by molar-refractivity contribution is 5.83. The first-order chi connectivity index (χ1) is 17.2. The van der Waals surface area contributed by atoms with Crippen LogP contribution in [-0.2, 0) is 13.0 Å². The molecule has 2 heterocycles. The normalized spacial score (nSPS) is 12.5. The van der Waals surface area contributed by atoms with Crippen LogP contribution >= 0.6 is 0 Å². The van der Waals surface area contributed by atoms with Crippen molar-refractivity contribution in [1.82, 2.24) is 9.97 Å². The average Bonchev–Trinajstić information content (AvgIpc) is 2.86. The van der Waals surface area contributed by atoms with Crippen molar-refractivity contribution in [1.29, 1.82) is 10.5 Å². The SMILES string of the molecule is COc1cc(Cc2ccc3ncc(N4CCC4)nc3c2C#N)ccc1OCc1cccc(C#N)c1. The molecular weight excluding hydrogens is 438 g/mol. The van der Waals surface area contributed by atoms with Crippen molar-refractivity contribution in [3.8, 4) is 23.6 Å². The van der Waals surface area contributed by atoms with Crippen molar-refractivity contribution < 1.29 is 9.47 Å². The van der Waals surface area contributed by atoms with Crippen LogP contribution in [0.2, 0.25) is 0 Å². The minimum atomic E-state index is 0.326. The van der Waals surface area contributed by atoms with Gasteiger partial charge in [0.15, 0.2) is 11.5 Å². The van der Waals surface area contributed by atoms with E-state index in [0.29, 0.717) is 41.2 Å². The fourth-order valence-electron chi connectivity index (χ4n) is 4.13. The number of aromatic nitrogens is 2. The van der Waals surface area contributed by atoms with Crippen molar-refractivity contribution in [3.05, 3.63) is 88.6 Å². The molecule has 7 heteroatoms. The molecule has 1 aliphatic heterocycles. The van der Waals surface area contributed by atoms with Crippen LogP contribution in [0.4, 0.5) is 5.82 Å². The van der Waals surface area contributed by atoms with Crippen LogP contribution in [0.1, 0.15) is 34.2 Å². The van der Waals surface area contributed by atoms with Crippen LogP contribution in [0, 0.1) is 22.7 Å². The largest absolute Gasteiger partial charge is 0.493 e. The molecular formula is C28H23N5O2. The lowest BCUT2D eigenvalue weighted by Crippen LogP contribution is -2.37. The molecule has 1 fully saturated rings. The molecule has 0 radical (unpaired) electrons. The fraction of sp³-hybridized carbons (Fsp3) is 0.214. The molecule has 1 saturated heterocycles. The van der Waals surface area contributed by atoms with Crippen LogP contribution < -0.4 is 14.4 Å². The molecule has 0 unspecified atom stereocenters. The second-order valence-corrected chi connectivity index (χ2v) is 8.41. The van der Waals surface area contributed by atoms with Gasteiger partial charge < -0.3 is 14.4 Å². The molecule has 0 N–H and O–H groups in total. The molecule has 1 aromatic heterocycles. The summed E-state index contributed by atoms with van der Waals surface area (Å²) in [7, 11) is 1.60. The summed E-state index contributed by atoms with van der Waals surface area (Å²) in [5, 5.41) is 19.0. The summed E-state index contributed by atoms with van der Waals surface area (Å²) in [4.78, 5) is 11.5. The lowest BCUT2D eigenvalue weighted by molar-refractivity contribution is 0.284. The standard InChI is InChI=1S/C28H23N5O2/c1-34-26-14-19(6-9-25(26)35-18-21-5-2-4-20(12-21)15-29)13-22-7-8-24-28(23(22)16-30)32-27(17-31-24)33-10-3-11-33/h2,4-9,12,14,17H,3,10-11,13,18H2,1H3. The summed E-state index contributed by atoms with van der Waals surface area (Å²) in [5.74, 6) is 2.04. The lowest BCUT2D eigenvalue weighted by atomic mass is 9.98. The van der Waals surface area contributed by atoms with Gasteiger partial charge in [-0.15, -0.1) is 0 Å². The zero-order chi connectivity index (χ0) is 24.2. The number of nitriles is 2. The minimum Gasteiger partial charge on any atom is -0.493 e. The Morgan fingerprint density at radius 3 is 2.60 bits per heavy atom. The monoisotopic (exact) mass is 461 g/mol. The van der Waals surface area contributed by atoms with Crippen molar-refractivity contribution in [3.63, 3.8) is 0 Å². The van der Waals surface area contributed by atoms with Gasteiger partial charge in [0.05, 0.1) is 36.0 Å². The molecule has 172 valence electrons. The first kappa shape index (κ1) is 22.2. The maximum Gasteiger partial charge on any atom is 0.161 e. The Morgan fingerprint density at radius 1 is 0.971 bits per heavy atom. The van der Waals surface area contributed by atoms with Gasteiger partial charge in [-0.3, -0.25) is 4.98 Å². The van der Waals surface area contributed by atoms with E-state index in [1.165, 1.54) is 0 Å². The number of anilines is 1. The number of nitrogens with zero attached hydrogens (tertiary/aromatic N) is 5. The summed E-state index contributed by atoms with van der Waals surface area (Å²) in [6.45, 7) is 2.27. The predicted molar refractivity (Wildman–Crippen MR) is 132 cm³/mol. The quantitative estimate of drug-likeness (QED) is 0.391. The van der Waals surface area contributed by atoms with Gasteiger partial charge in [-0.05, 0) is 59.9 Å². The van der Waals surface area contributed by atoms with Crippen LogP contribution in [0.3, 0.4) is 0 Å². The van der Waals surface area contributed by atoms with E-state index in [2.05, 4.69) is 22.0 Å². The van der Waals surface area contributed by atoms with E-state index in [4.69, 9.17) is 19.7 Å². The van der Waals surface area contributed by atoms with Gasteiger partial charge in [0.2, 0.25) is 0 Å². The van der Waals surface area contributed by atoms with Crippen molar-refractivity contribution in [2.45, 2.75) is 19.4 Å². The van der Waals surface area contributed by atoms with Gasteiger partial charge in [-0.1, -0.05) is 24.3 Å². The minimum absolute atomic E-state index is 0.326. The molecule has 3 aromatic carbocycles. The molecule has 0 bridgehead atoms. The molecule has 35 heavy (non-hydrogen) atoms. The second kappa shape index (κ2) is 9.70. The summed E-state index contributed by atoms with van der Waals surface area (Å²) < 4.78 is 11.5. The van der Waals surface area contributed by atoms with Crippen LogP contribution in [0.5, 0.6) is 11.5 Å². The van der Waals surface area contributed by atoms with Crippen LogP contribution in [-0.4, -0.2) is 30.2 Å². The number of fused-ring (bicyclic) bond motifs is 1. The Bertz CT molecular complexity index is 1480. The number of benzene rings is 3. The summed E-state index contributed by atoms with van der Waals surface area (Å²) >= 11 is 0. The molecule has 1 aliphatic rings. The van der Waals surface area contributed by atoms with Gasteiger partial charge in [0.25, 0.3) is 0 Å². The zero-order valence-corrected chi connectivity index (χ0v) is 19.4. The number of methoxy groups -OCH3 is 1. The number of hydrogen-bond donors (Lipinski definition) is 0. The highest BCUT2D eigenvalue weighted by atomic mass is 16.5. The Kier molecular flexibility index (Phi) is 6.15. The topological polar surface area (TPSA) is 95.1 Å². The third-order valence-electron chi connectivity index (χ3n) is 6.15. The average molecular weight is 462 g/mol. The van der Waals surface area contributed by atoms with E-state index in [1.54, 1.807) is 25.4 Å². The van der Waals surface area contributed by atoms with E-state index in [-0.39, 0.29) is 0 Å². The second-order valence-electron chi connectivity index (χ2n) is 8.41. The van der Waals surface area contributed by atoms with Crippen LogP contribution in [0.25, 0.3) is 11.0 Å². The van der Waals surface area contributed by atoms with Crippen LogP contribution in [0.15, 0.2) is 60.8 Å². The van der Waals surface area contributed by atoms with Gasteiger partial charge in [0.1, 0.15) is 24.0 Å². The third kappa shape index (κ3) is 4.58. The Labute approximate surface area is 203 Å². The maximum absolute atomic E-state index is 9.96. The maximum atomic E-state index is 9.96. The third-order valence-corrected chi connectivity index (χ3v) is 6.15. The van der Waals surface area contributed by atoms with Crippen molar-refractivity contribution in [2.24, 2.45) is 0 Å². The Hall–Kier alpha value is -4.62. The Morgan fingerprint density at radius 2 is 1.86 bits per heavy atom. The predicted octanol–water partition coefficient (Wildman–Crippen LogP) is 4.76. The first-order valence-corrected chi connectivity index (χ1v) is 11.4. The first-order valence-electron chi connectivity index (χ1n) is 11.4. The molecule has 0 aliphatic carbocycles. The van der Waals surface area contributed by atoms with Gasteiger partial charge in [-0.2, -0.15) is 10.5 Å². The fourth-order valence-corrected chi connectivity index (χ4v) is 4.13. The number of ether oxygens (including phenoxy) is 2. The van der Waals surface area contributed by atoms with E-state index < -0.39 is 0 Å². The molecule has 0 atom stereocenters. The molecule has 0 spiro atoms. The molecule has 5 rings (SSSR count). The lowest BCUT2D eigenvalue weighted by Gasteiger charge is -2.31. The highest BCUT2D eigenvalue weighted by Gasteiger charge is 2.18. The van der Waals surface area contributed by atoms with Crippen molar-refractivity contribution in [2.75, 3.05) is 25.1 Å². The highest BCUT2D eigenvalue weighted by Crippen LogP contribution is 2.31. The summed E-state index contributed by atoms with van der Waals surface area (Å²) in [6, 6.07) is 21.4. The van der Waals surface area contributed by atoms with E-state index in [9.17, 15) is 5.26 Å². The number of rotatable bonds is 7. The van der Waals surface area contributed by atoms with E-state index in [1.807, 2.05) is 42.5 Å². The molecule has 0 amide bonds. The summed E-state index contributed by atoms with van der Waals surface area (Å²) in [6.07, 6.45) is 3.48. The molecule has 7 nitrogen and oxygen atoms in total.